The average molecular weight is 393 g/mol. The molecule has 0 unspecified atom stereocenters. The zero-order chi connectivity index (χ0) is 13.3. The molecule has 0 bridgehead atoms. The summed E-state index contributed by atoms with van der Waals surface area (Å²) in [6, 6.07) is 2.08. The molecule has 6 heteroatoms. The molecule has 0 aliphatic carbocycles. The van der Waals surface area contributed by atoms with Gasteiger partial charge in [-0.15, -0.1) is 22.7 Å². The molecule has 2 aromatic rings. The Hall–Kier alpha value is -0.600. The Labute approximate surface area is 127 Å². The van der Waals surface area contributed by atoms with Crippen molar-refractivity contribution in [2.45, 2.75) is 13.8 Å². The summed E-state index contributed by atoms with van der Waals surface area (Å²) in [4.78, 5) is 13.0. The van der Waals surface area contributed by atoms with Crippen molar-refractivity contribution in [3.63, 3.8) is 0 Å². The maximum absolute atomic E-state index is 11.9. The molecule has 3 nitrogen and oxygen atoms in total. The maximum atomic E-state index is 11.9. The number of carbonyl (C=O) groups is 1. The van der Waals surface area contributed by atoms with Crippen LogP contribution in [0.2, 0.25) is 0 Å². The number of carbonyl (C=O) groups excluding carboxylic acids is 1. The van der Waals surface area contributed by atoms with Crippen LogP contribution < -0.4 is 5.73 Å². The number of ether oxygens (including phenoxy) is 1. The van der Waals surface area contributed by atoms with Crippen LogP contribution in [0.3, 0.4) is 0 Å². The van der Waals surface area contributed by atoms with Crippen molar-refractivity contribution >= 4 is 56.2 Å². The molecule has 2 N–H and O–H groups in total. The van der Waals surface area contributed by atoms with Crippen molar-refractivity contribution in [3.8, 4) is 10.4 Å². The summed E-state index contributed by atoms with van der Waals surface area (Å²) in [5, 5.41) is 2.44. The van der Waals surface area contributed by atoms with Gasteiger partial charge in [-0.25, -0.2) is 4.79 Å². The highest BCUT2D eigenvalue weighted by atomic mass is 127. The maximum Gasteiger partial charge on any atom is 0.341 e. The number of thiophene rings is 2. The molecular formula is C12H12INO2S2. The fourth-order valence-corrected chi connectivity index (χ4v) is 4.22. The topological polar surface area (TPSA) is 52.3 Å². The molecule has 96 valence electrons. The van der Waals surface area contributed by atoms with Gasteiger partial charge in [-0.1, -0.05) is 0 Å². The number of nitrogens with two attached hydrogens (primary N) is 1. The summed E-state index contributed by atoms with van der Waals surface area (Å²) in [5.41, 5.74) is 8.47. The third-order valence-electron chi connectivity index (χ3n) is 2.42. The van der Waals surface area contributed by atoms with Gasteiger partial charge in [0.25, 0.3) is 0 Å². The van der Waals surface area contributed by atoms with Crippen LogP contribution in [0.1, 0.15) is 22.8 Å². The van der Waals surface area contributed by atoms with Crippen LogP contribution in [0.15, 0.2) is 11.4 Å². The van der Waals surface area contributed by atoms with Crippen molar-refractivity contribution in [2.24, 2.45) is 0 Å². The van der Waals surface area contributed by atoms with Gasteiger partial charge in [-0.2, -0.15) is 0 Å². The van der Waals surface area contributed by atoms with Crippen LogP contribution in [-0.4, -0.2) is 12.6 Å². The summed E-state index contributed by atoms with van der Waals surface area (Å²) >= 11 is 5.34. The lowest BCUT2D eigenvalue weighted by molar-refractivity contribution is 0.0529. The Morgan fingerprint density at radius 2 is 2.28 bits per heavy atom. The highest BCUT2D eigenvalue weighted by Crippen LogP contribution is 2.39. The van der Waals surface area contributed by atoms with E-state index in [-0.39, 0.29) is 5.97 Å². The number of rotatable bonds is 3. The number of anilines is 1. The van der Waals surface area contributed by atoms with E-state index in [1.54, 1.807) is 18.3 Å². The first-order valence-electron chi connectivity index (χ1n) is 5.35. The van der Waals surface area contributed by atoms with Gasteiger partial charge >= 0.3 is 5.97 Å². The first-order valence-corrected chi connectivity index (χ1v) is 8.12. The van der Waals surface area contributed by atoms with E-state index in [4.69, 9.17) is 10.5 Å². The lowest BCUT2D eigenvalue weighted by Crippen LogP contribution is -2.06. The second-order valence-electron chi connectivity index (χ2n) is 3.68. The van der Waals surface area contributed by atoms with Crippen LogP contribution in [0.4, 0.5) is 5.00 Å². The minimum atomic E-state index is -0.340. The summed E-state index contributed by atoms with van der Waals surface area (Å²) < 4.78 is 6.28. The first kappa shape index (κ1) is 13.8. The highest BCUT2D eigenvalue weighted by molar-refractivity contribution is 14.1. The molecule has 0 saturated heterocycles. The number of hydrogen-bond acceptors (Lipinski definition) is 5. The molecule has 0 saturated carbocycles. The van der Waals surface area contributed by atoms with E-state index < -0.39 is 0 Å². The third kappa shape index (κ3) is 2.55. The quantitative estimate of drug-likeness (QED) is 0.630. The third-order valence-corrected chi connectivity index (χ3v) is 5.80. The van der Waals surface area contributed by atoms with Gasteiger partial charge in [-0.05, 0) is 48.1 Å². The Bertz CT molecular complexity index is 569. The zero-order valence-electron chi connectivity index (χ0n) is 9.95. The van der Waals surface area contributed by atoms with Gasteiger partial charge in [0.1, 0.15) is 10.6 Å². The van der Waals surface area contributed by atoms with Crippen molar-refractivity contribution in [2.75, 3.05) is 12.3 Å². The molecule has 0 radical (unpaired) electrons. The average Bonchev–Trinajstić information content (AvgIpc) is 2.84. The van der Waals surface area contributed by atoms with Crippen LogP contribution in [0, 0.1) is 9.81 Å². The van der Waals surface area contributed by atoms with E-state index in [1.807, 2.05) is 5.38 Å². The van der Waals surface area contributed by atoms with Gasteiger partial charge < -0.3 is 10.5 Å². The molecule has 2 heterocycles. The Morgan fingerprint density at radius 3 is 2.83 bits per heavy atom. The van der Waals surface area contributed by atoms with E-state index in [0.29, 0.717) is 17.2 Å². The van der Waals surface area contributed by atoms with Crippen LogP contribution in [-0.2, 0) is 4.74 Å². The number of aryl methyl sites for hydroxylation is 1. The number of esters is 1. The summed E-state index contributed by atoms with van der Waals surface area (Å²) in [6.07, 6.45) is 0. The molecule has 0 atom stereocenters. The minimum absolute atomic E-state index is 0.340. The molecule has 0 aliphatic heterocycles. The van der Waals surface area contributed by atoms with Crippen LogP contribution in [0.5, 0.6) is 0 Å². The van der Waals surface area contributed by atoms with Crippen molar-refractivity contribution in [1.82, 2.24) is 0 Å². The van der Waals surface area contributed by atoms with Crippen molar-refractivity contribution in [1.29, 1.82) is 0 Å². The molecule has 0 amide bonds. The van der Waals surface area contributed by atoms with E-state index >= 15 is 0 Å². The molecule has 0 fully saturated rings. The molecule has 0 aliphatic rings. The Kier molecular flexibility index (Phi) is 4.29. The molecule has 0 spiro atoms. The lowest BCUT2D eigenvalue weighted by atomic mass is 10.1. The fourth-order valence-electron chi connectivity index (χ4n) is 1.56. The predicted octanol–water partition coefficient (Wildman–Crippen LogP) is 4.15. The van der Waals surface area contributed by atoms with E-state index in [9.17, 15) is 4.79 Å². The van der Waals surface area contributed by atoms with Crippen LogP contribution in [0.25, 0.3) is 10.4 Å². The monoisotopic (exact) mass is 393 g/mol. The number of halogens is 1. The van der Waals surface area contributed by atoms with E-state index in [2.05, 4.69) is 35.6 Å². The summed E-state index contributed by atoms with van der Waals surface area (Å²) in [7, 11) is 0. The SMILES string of the molecule is CCOC(=O)c1c(-c2cc(C)c(I)s2)csc1N. The van der Waals surface area contributed by atoms with Gasteiger partial charge in [0.2, 0.25) is 0 Å². The van der Waals surface area contributed by atoms with Crippen LogP contribution >= 0.6 is 45.3 Å². The summed E-state index contributed by atoms with van der Waals surface area (Å²) in [5.74, 6) is -0.340. The molecule has 2 aromatic heterocycles. The smallest absolute Gasteiger partial charge is 0.341 e. The minimum Gasteiger partial charge on any atom is -0.462 e. The second kappa shape index (κ2) is 5.58. The lowest BCUT2D eigenvalue weighted by Gasteiger charge is -2.03. The molecule has 18 heavy (non-hydrogen) atoms. The predicted molar refractivity (Wildman–Crippen MR) is 85.5 cm³/mol. The van der Waals surface area contributed by atoms with Crippen molar-refractivity contribution in [3.05, 3.63) is 25.5 Å². The molecular weight excluding hydrogens is 381 g/mol. The van der Waals surface area contributed by atoms with E-state index in [0.717, 1.165) is 10.4 Å². The summed E-state index contributed by atoms with van der Waals surface area (Å²) in [6.45, 7) is 4.20. The largest absolute Gasteiger partial charge is 0.462 e. The highest BCUT2D eigenvalue weighted by Gasteiger charge is 2.21. The number of hydrogen-bond donors (Lipinski definition) is 1. The molecule has 0 aromatic carbocycles. The van der Waals surface area contributed by atoms with E-state index in [1.165, 1.54) is 19.8 Å². The normalized spacial score (nSPS) is 10.6. The van der Waals surface area contributed by atoms with Gasteiger partial charge in [0, 0.05) is 15.8 Å². The van der Waals surface area contributed by atoms with Gasteiger partial charge in [0.05, 0.1) is 9.49 Å². The molecule has 2 rings (SSSR count). The van der Waals surface area contributed by atoms with Gasteiger partial charge in [0.15, 0.2) is 0 Å². The number of nitrogen functional groups attached to an aromatic ring is 1. The van der Waals surface area contributed by atoms with Gasteiger partial charge in [-0.3, -0.25) is 0 Å². The standard InChI is InChI=1S/C12H12INO2S2/c1-3-16-12(15)9-7(5-17-11(9)14)8-4-6(2)10(13)18-8/h4-5H,3,14H2,1-2H3. The second-order valence-corrected chi connectivity index (χ2v) is 7.45. The fraction of sp³-hybridized carbons (Fsp3) is 0.250. The Morgan fingerprint density at radius 1 is 1.56 bits per heavy atom. The zero-order valence-corrected chi connectivity index (χ0v) is 13.7. The first-order chi connectivity index (χ1) is 8.54. The Balaban J connectivity index is 2.49. The van der Waals surface area contributed by atoms with Crippen molar-refractivity contribution < 1.29 is 9.53 Å².